The van der Waals surface area contributed by atoms with E-state index in [1.54, 1.807) is 66.7 Å². The van der Waals surface area contributed by atoms with Gasteiger partial charge < -0.3 is 10.1 Å². The standard InChI is InChI=1S/C29H21Cl2N3O5S2/c1-39-17-12-10-16(11-13-17)34-26(36)22-21(18-8-5-9-19(30)23(18)31)25-28(40-24(22)27(34)37)33(29(38)41-25)14-20(35)32-15-6-3-2-4-7-15/h2-13,21-22,24H,14H2,1H3,(H,32,35)/t21-,22-,24+/m0/s1. The summed E-state index contributed by atoms with van der Waals surface area (Å²) in [6, 6.07) is 20.7. The predicted octanol–water partition coefficient (Wildman–Crippen LogP) is 5.66. The molecule has 3 atom stereocenters. The van der Waals surface area contributed by atoms with E-state index in [1.165, 1.54) is 16.6 Å². The number of carbonyl (C=O) groups is 3. The smallest absolute Gasteiger partial charge is 0.308 e. The second kappa shape index (κ2) is 11.0. The summed E-state index contributed by atoms with van der Waals surface area (Å²) in [5, 5.41) is 2.94. The zero-order chi connectivity index (χ0) is 28.8. The highest BCUT2D eigenvalue weighted by molar-refractivity contribution is 8.00. The Morgan fingerprint density at radius 1 is 0.951 bits per heavy atom. The number of para-hydroxylation sites is 1. The van der Waals surface area contributed by atoms with Crippen LogP contribution in [-0.4, -0.2) is 34.6 Å². The van der Waals surface area contributed by atoms with Crippen molar-refractivity contribution in [2.75, 3.05) is 17.3 Å². The average molecular weight is 627 g/mol. The molecule has 0 aliphatic carbocycles. The molecule has 1 saturated heterocycles. The van der Waals surface area contributed by atoms with Crippen molar-refractivity contribution in [2.24, 2.45) is 5.92 Å². The highest BCUT2D eigenvalue weighted by Gasteiger charge is 2.57. The zero-order valence-electron chi connectivity index (χ0n) is 21.4. The molecule has 208 valence electrons. The molecule has 2 aliphatic rings. The van der Waals surface area contributed by atoms with Crippen LogP contribution >= 0.6 is 46.3 Å². The lowest BCUT2D eigenvalue weighted by Crippen LogP contribution is -2.33. The number of nitrogens with zero attached hydrogens (tertiary/aromatic N) is 2. The Balaban J connectivity index is 1.44. The minimum atomic E-state index is -0.852. The summed E-state index contributed by atoms with van der Waals surface area (Å²) in [4.78, 5) is 55.5. The van der Waals surface area contributed by atoms with E-state index in [1.807, 2.05) is 6.07 Å². The quantitative estimate of drug-likeness (QED) is 0.278. The number of carbonyl (C=O) groups excluding carboxylic acids is 3. The Labute approximate surface area is 252 Å². The van der Waals surface area contributed by atoms with Gasteiger partial charge in [0.05, 0.1) is 33.8 Å². The van der Waals surface area contributed by atoms with E-state index in [0.717, 1.165) is 23.1 Å². The van der Waals surface area contributed by atoms with Gasteiger partial charge in [0.1, 0.15) is 17.5 Å². The molecule has 4 aromatic rings. The number of anilines is 2. The molecule has 1 aromatic heterocycles. The van der Waals surface area contributed by atoms with E-state index in [9.17, 15) is 19.2 Å². The summed E-state index contributed by atoms with van der Waals surface area (Å²) in [6.07, 6.45) is 0. The summed E-state index contributed by atoms with van der Waals surface area (Å²) in [6.45, 7) is -0.260. The third-order valence-electron chi connectivity index (χ3n) is 7.06. The fourth-order valence-corrected chi connectivity index (χ4v) is 8.39. The van der Waals surface area contributed by atoms with Crippen molar-refractivity contribution in [3.63, 3.8) is 0 Å². The normalized spacial score (nSPS) is 19.6. The fourth-order valence-electron chi connectivity index (χ4n) is 5.20. The highest BCUT2D eigenvalue weighted by atomic mass is 35.5. The number of rotatable bonds is 6. The predicted molar refractivity (Wildman–Crippen MR) is 161 cm³/mol. The van der Waals surface area contributed by atoms with Crippen molar-refractivity contribution in [3.05, 3.63) is 103 Å². The minimum Gasteiger partial charge on any atom is -0.497 e. The Kier molecular flexibility index (Phi) is 7.41. The maximum Gasteiger partial charge on any atom is 0.308 e. The van der Waals surface area contributed by atoms with Gasteiger partial charge in [-0.1, -0.05) is 76.6 Å². The number of thioether (sulfide) groups is 1. The number of amides is 3. The maximum atomic E-state index is 14.0. The van der Waals surface area contributed by atoms with Gasteiger partial charge in [0, 0.05) is 16.5 Å². The molecule has 0 radical (unpaired) electrons. The van der Waals surface area contributed by atoms with E-state index in [0.29, 0.717) is 37.6 Å². The van der Waals surface area contributed by atoms with Gasteiger partial charge >= 0.3 is 4.87 Å². The van der Waals surface area contributed by atoms with E-state index < -0.39 is 34.8 Å². The van der Waals surface area contributed by atoms with Crippen molar-refractivity contribution in [1.82, 2.24) is 4.57 Å². The number of thiazole rings is 1. The molecule has 0 saturated carbocycles. The van der Waals surface area contributed by atoms with Gasteiger partial charge in [-0.15, -0.1) is 0 Å². The molecule has 0 spiro atoms. The first kappa shape index (κ1) is 27.6. The monoisotopic (exact) mass is 625 g/mol. The number of hydrogen-bond donors (Lipinski definition) is 1. The number of benzene rings is 3. The van der Waals surface area contributed by atoms with Gasteiger partial charge in [0.2, 0.25) is 17.7 Å². The van der Waals surface area contributed by atoms with Crippen LogP contribution in [0.3, 0.4) is 0 Å². The van der Waals surface area contributed by atoms with E-state index in [-0.39, 0.29) is 16.4 Å². The summed E-state index contributed by atoms with van der Waals surface area (Å²) < 4.78 is 6.58. The van der Waals surface area contributed by atoms with Crippen molar-refractivity contribution >= 4 is 75.4 Å². The van der Waals surface area contributed by atoms with E-state index in [4.69, 9.17) is 27.9 Å². The SMILES string of the molecule is COc1ccc(N2C(=O)[C@H]3[C@H](c4cccc(Cl)c4Cl)c4sc(=O)n(CC(=O)Nc5ccccc5)c4S[C@H]3C2=O)cc1. The molecular weight excluding hydrogens is 605 g/mol. The van der Waals surface area contributed by atoms with E-state index in [2.05, 4.69) is 5.32 Å². The van der Waals surface area contributed by atoms with Crippen LogP contribution in [0.4, 0.5) is 11.4 Å². The van der Waals surface area contributed by atoms with Crippen molar-refractivity contribution in [1.29, 1.82) is 0 Å². The molecule has 3 heterocycles. The number of nitrogens with one attached hydrogen (secondary N) is 1. The van der Waals surface area contributed by atoms with Gasteiger partial charge in [0.15, 0.2) is 0 Å². The van der Waals surface area contributed by atoms with Gasteiger partial charge in [-0.3, -0.25) is 23.7 Å². The first-order valence-corrected chi connectivity index (χ1v) is 14.9. The van der Waals surface area contributed by atoms with Crippen LogP contribution in [0.2, 0.25) is 10.0 Å². The average Bonchev–Trinajstić information content (AvgIpc) is 3.41. The molecule has 12 heteroatoms. The van der Waals surface area contributed by atoms with Crippen LogP contribution in [0.15, 0.2) is 82.6 Å². The second-order valence-electron chi connectivity index (χ2n) is 9.43. The Morgan fingerprint density at radius 2 is 1.68 bits per heavy atom. The summed E-state index contributed by atoms with van der Waals surface area (Å²) >= 11 is 15.1. The topological polar surface area (TPSA) is 97.7 Å². The number of methoxy groups -OCH3 is 1. The lowest BCUT2D eigenvalue weighted by atomic mass is 9.83. The number of halogens is 2. The van der Waals surface area contributed by atoms with Crippen LogP contribution in [0.5, 0.6) is 5.75 Å². The molecule has 1 N–H and O–H groups in total. The Hall–Kier alpha value is -3.57. The van der Waals surface area contributed by atoms with Crippen LogP contribution in [0, 0.1) is 5.92 Å². The largest absolute Gasteiger partial charge is 0.497 e. The molecular formula is C29H21Cl2N3O5S2. The second-order valence-corrected chi connectivity index (χ2v) is 12.3. The van der Waals surface area contributed by atoms with Gasteiger partial charge in [0.25, 0.3) is 0 Å². The number of aromatic nitrogens is 1. The molecule has 1 fully saturated rings. The number of ether oxygens (including phenoxy) is 1. The molecule has 0 bridgehead atoms. The molecule has 3 aromatic carbocycles. The molecule has 3 amide bonds. The Morgan fingerprint density at radius 3 is 2.39 bits per heavy atom. The molecule has 2 aliphatic heterocycles. The number of hydrogen-bond acceptors (Lipinski definition) is 7. The van der Waals surface area contributed by atoms with Gasteiger partial charge in [-0.25, -0.2) is 4.90 Å². The van der Waals surface area contributed by atoms with E-state index >= 15 is 0 Å². The van der Waals surface area contributed by atoms with Crippen LogP contribution in [-0.2, 0) is 20.9 Å². The van der Waals surface area contributed by atoms with Crippen molar-refractivity contribution in [3.8, 4) is 5.75 Å². The first-order valence-electron chi connectivity index (χ1n) is 12.5. The Bertz CT molecular complexity index is 1740. The zero-order valence-corrected chi connectivity index (χ0v) is 24.5. The maximum absolute atomic E-state index is 14.0. The lowest BCUT2D eigenvalue weighted by Gasteiger charge is -2.31. The van der Waals surface area contributed by atoms with Gasteiger partial charge in [-0.2, -0.15) is 0 Å². The van der Waals surface area contributed by atoms with Crippen LogP contribution in [0.1, 0.15) is 16.4 Å². The van der Waals surface area contributed by atoms with Crippen molar-refractivity contribution in [2.45, 2.75) is 22.7 Å². The minimum absolute atomic E-state index is 0.244. The van der Waals surface area contributed by atoms with Crippen LogP contribution < -0.4 is 19.8 Å². The third kappa shape index (κ3) is 4.84. The molecule has 8 nitrogen and oxygen atoms in total. The lowest BCUT2D eigenvalue weighted by molar-refractivity contribution is -0.122. The summed E-state index contributed by atoms with van der Waals surface area (Å²) in [7, 11) is 1.53. The molecule has 41 heavy (non-hydrogen) atoms. The van der Waals surface area contributed by atoms with Gasteiger partial charge in [-0.05, 0) is 48.0 Å². The first-order chi connectivity index (χ1) is 19.8. The highest BCUT2D eigenvalue weighted by Crippen LogP contribution is 2.55. The number of fused-ring (bicyclic) bond motifs is 2. The molecule has 0 unspecified atom stereocenters. The molecule has 6 rings (SSSR count). The van der Waals surface area contributed by atoms with Crippen LogP contribution in [0.25, 0.3) is 0 Å². The number of imide groups is 1. The van der Waals surface area contributed by atoms with Crippen molar-refractivity contribution < 1.29 is 19.1 Å². The fraction of sp³-hybridized carbons (Fsp3) is 0.172. The summed E-state index contributed by atoms with van der Waals surface area (Å²) in [5.41, 5.74) is 1.54. The third-order valence-corrected chi connectivity index (χ3v) is 10.5. The summed E-state index contributed by atoms with van der Waals surface area (Å²) in [5.74, 6) is -2.20.